The predicted octanol–water partition coefficient (Wildman–Crippen LogP) is 6.25. The molecule has 0 heterocycles. The van der Waals surface area contributed by atoms with Crippen molar-refractivity contribution in [3.8, 4) is 0 Å². The van der Waals surface area contributed by atoms with Crippen molar-refractivity contribution < 1.29 is 22.9 Å². The number of allylic oxidation sites excluding steroid dienone is 2. The highest BCUT2D eigenvalue weighted by Gasteiger charge is 2.46. The molecule has 1 amide bonds. The fourth-order valence-electron chi connectivity index (χ4n) is 4.79. The molecular formula is C29H47N4O5P. The molecular weight excluding hydrogens is 515 g/mol. The Kier molecular flexibility index (Phi) is 9.88. The molecule has 1 atom stereocenters. The molecule has 39 heavy (non-hydrogen) atoms. The second-order valence-electron chi connectivity index (χ2n) is 12.8. The third kappa shape index (κ3) is 9.83. The van der Waals surface area contributed by atoms with E-state index in [1.807, 2.05) is 24.3 Å². The fourth-order valence-corrected chi connectivity index (χ4v) is 6.48. The molecule has 2 aliphatic carbocycles. The number of nitrogens with zero attached hydrogens (tertiary/aromatic N) is 1. The van der Waals surface area contributed by atoms with E-state index in [0.717, 1.165) is 11.1 Å². The second kappa shape index (κ2) is 12.2. The number of phosphoric acid groups is 1. The lowest BCUT2D eigenvalue weighted by molar-refractivity contribution is -0.118. The number of anilines is 1. The number of nitrogens with two attached hydrogens (primary N) is 2. The lowest BCUT2D eigenvalue weighted by Gasteiger charge is -2.30. The predicted molar refractivity (Wildman–Crippen MR) is 157 cm³/mol. The summed E-state index contributed by atoms with van der Waals surface area (Å²) < 4.78 is 30.1. The van der Waals surface area contributed by atoms with Crippen LogP contribution in [0.25, 0.3) is 5.57 Å². The third-order valence-electron chi connectivity index (χ3n) is 6.54. The molecule has 1 unspecified atom stereocenters. The molecule has 2 fully saturated rings. The Morgan fingerprint density at radius 1 is 1.00 bits per heavy atom. The van der Waals surface area contributed by atoms with Gasteiger partial charge in [0.2, 0.25) is 5.91 Å². The minimum atomic E-state index is -3.89. The topological polar surface area (TPSA) is 138 Å². The van der Waals surface area contributed by atoms with Gasteiger partial charge in [0, 0.05) is 22.7 Å². The van der Waals surface area contributed by atoms with Crippen LogP contribution in [0.4, 0.5) is 5.69 Å². The van der Waals surface area contributed by atoms with E-state index in [-0.39, 0.29) is 18.6 Å². The summed E-state index contributed by atoms with van der Waals surface area (Å²) in [4.78, 5) is 17.3. The molecule has 0 saturated heterocycles. The van der Waals surface area contributed by atoms with E-state index >= 15 is 0 Å². The van der Waals surface area contributed by atoms with Gasteiger partial charge in [0.1, 0.15) is 6.73 Å². The van der Waals surface area contributed by atoms with E-state index in [1.165, 1.54) is 25.7 Å². The highest BCUT2D eigenvalue weighted by molar-refractivity contribution is 7.48. The minimum absolute atomic E-state index is 0.133. The molecule has 2 aliphatic rings. The Balaban J connectivity index is 1.67. The summed E-state index contributed by atoms with van der Waals surface area (Å²) in [5, 5.41) is 2.98. The molecule has 0 aliphatic heterocycles. The molecule has 3 rings (SSSR count). The largest absolute Gasteiger partial charge is 0.477 e. The van der Waals surface area contributed by atoms with Crippen LogP contribution in [0.3, 0.4) is 0 Å². The summed E-state index contributed by atoms with van der Waals surface area (Å²) in [6.07, 6.45) is 4.73. The van der Waals surface area contributed by atoms with Crippen LogP contribution in [0, 0.1) is 17.8 Å². The third-order valence-corrected chi connectivity index (χ3v) is 8.51. The first-order valence-corrected chi connectivity index (χ1v) is 15.2. The number of rotatable bonds is 12. The lowest BCUT2D eigenvalue weighted by Crippen LogP contribution is -2.43. The van der Waals surface area contributed by atoms with Crippen molar-refractivity contribution in [1.82, 2.24) is 0 Å². The average Bonchev–Trinajstić information content (AvgIpc) is 3.68. The quantitative estimate of drug-likeness (QED) is 0.202. The highest BCUT2D eigenvalue weighted by Crippen LogP contribution is 2.55. The minimum Gasteiger partial charge on any atom is -0.402 e. The molecule has 0 radical (unpaired) electrons. The Labute approximate surface area is 233 Å². The van der Waals surface area contributed by atoms with Gasteiger partial charge >= 0.3 is 7.82 Å². The molecule has 10 heteroatoms. The number of hydrogen-bond acceptors (Lipinski definition) is 8. The molecule has 5 N–H and O–H groups in total. The standard InChI is InChI=1S/C29H47N4O5P/c1-18(30)24(19(2)32-17-36-39(35,37-28(3,4)5)38-29(6,7)8)20-13-15-23(16-14-20)33-27(34)26(31)25(21-9-10-21)22-11-12-22/h13-16,21-22,25-26H,9-12,17,30-31H2,1-8H3,(H,33,34)/b24-18+,32-19+. The van der Waals surface area contributed by atoms with Crippen molar-refractivity contribution >= 4 is 30.7 Å². The number of phosphoric ester groups is 1. The summed E-state index contributed by atoms with van der Waals surface area (Å²) in [7, 11) is -3.89. The van der Waals surface area contributed by atoms with Crippen molar-refractivity contribution in [3.63, 3.8) is 0 Å². The number of carbonyl (C=O) groups is 1. The van der Waals surface area contributed by atoms with Gasteiger partial charge in [-0.25, -0.2) is 4.57 Å². The van der Waals surface area contributed by atoms with Crippen molar-refractivity contribution in [1.29, 1.82) is 0 Å². The van der Waals surface area contributed by atoms with E-state index in [4.69, 9.17) is 25.0 Å². The number of amides is 1. The Hall–Kier alpha value is -2.03. The Morgan fingerprint density at radius 2 is 1.49 bits per heavy atom. The number of benzene rings is 1. The SMILES string of the molecule is C/C(N)=C(/C(C)=N/COP(=O)(OC(C)(C)C)OC(C)(C)C)c1ccc(NC(=O)C(N)C(C2CC2)C2CC2)cc1. The van der Waals surface area contributed by atoms with E-state index in [1.54, 1.807) is 55.4 Å². The number of carbonyl (C=O) groups excluding carboxylic acids is 1. The zero-order chi connectivity index (χ0) is 29.2. The van der Waals surface area contributed by atoms with Crippen molar-refractivity contribution in [2.24, 2.45) is 34.2 Å². The van der Waals surface area contributed by atoms with Gasteiger partial charge in [-0.1, -0.05) is 12.1 Å². The average molecular weight is 563 g/mol. The number of aliphatic imine (C=N–C) groups is 1. The summed E-state index contributed by atoms with van der Waals surface area (Å²) in [5.74, 6) is 1.35. The number of nitrogens with one attached hydrogen (secondary N) is 1. The van der Waals surface area contributed by atoms with Crippen LogP contribution in [-0.4, -0.2) is 35.6 Å². The maximum atomic E-state index is 13.3. The number of hydrogen-bond donors (Lipinski definition) is 3. The fraction of sp³-hybridized carbons (Fsp3) is 0.655. The summed E-state index contributed by atoms with van der Waals surface area (Å²) >= 11 is 0. The molecule has 0 bridgehead atoms. The van der Waals surface area contributed by atoms with E-state index in [0.29, 0.717) is 28.9 Å². The van der Waals surface area contributed by atoms with Gasteiger partial charge < -0.3 is 16.8 Å². The normalized spacial score (nSPS) is 18.7. The van der Waals surface area contributed by atoms with Gasteiger partial charge in [-0.05, 0) is 117 Å². The van der Waals surface area contributed by atoms with Crippen molar-refractivity contribution in [2.75, 3.05) is 12.0 Å². The maximum Gasteiger partial charge on any atom is 0.477 e. The smallest absolute Gasteiger partial charge is 0.402 e. The first-order chi connectivity index (χ1) is 18.0. The Bertz CT molecular complexity index is 1090. The molecule has 2 saturated carbocycles. The zero-order valence-corrected chi connectivity index (χ0v) is 25.6. The van der Waals surface area contributed by atoms with Crippen LogP contribution >= 0.6 is 7.82 Å². The molecule has 1 aromatic rings. The van der Waals surface area contributed by atoms with Crippen LogP contribution in [0.1, 0.15) is 86.6 Å². The van der Waals surface area contributed by atoms with Gasteiger partial charge in [0.15, 0.2) is 0 Å². The van der Waals surface area contributed by atoms with E-state index < -0.39 is 25.1 Å². The van der Waals surface area contributed by atoms with Gasteiger partial charge in [0.25, 0.3) is 0 Å². The molecule has 218 valence electrons. The molecule has 1 aromatic carbocycles. The highest BCUT2D eigenvalue weighted by atomic mass is 31.2. The van der Waals surface area contributed by atoms with E-state index in [9.17, 15) is 9.36 Å². The van der Waals surface area contributed by atoms with Crippen LogP contribution in [0.2, 0.25) is 0 Å². The van der Waals surface area contributed by atoms with E-state index in [2.05, 4.69) is 10.3 Å². The molecule has 0 aromatic heterocycles. The van der Waals surface area contributed by atoms with Crippen molar-refractivity contribution in [2.45, 2.75) is 98.3 Å². The van der Waals surface area contributed by atoms with Gasteiger partial charge in [-0.3, -0.25) is 23.4 Å². The first-order valence-electron chi connectivity index (χ1n) is 13.8. The maximum absolute atomic E-state index is 13.3. The summed E-state index contributed by atoms with van der Waals surface area (Å²) in [5.41, 5.74) is 14.5. The van der Waals surface area contributed by atoms with Crippen LogP contribution in [0.15, 0.2) is 35.0 Å². The summed E-state index contributed by atoms with van der Waals surface area (Å²) in [6, 6.07) is 6.93. The lowest BCUT2D eigenvalue weighted by atomic mass is 9.89. The van der Waals surface area contributed by atoms with Crippen LogP contribution in [-0.2, 0) is 22.9 Å². The van der Waals surface area contributed by atoms with Crippen molar-refractivity contribution in [3.05, 3.63) is 35.5 Å². The van der Waals surface area contributed by atoms with Crippen LogP contribution < -0.4 is 16.8 Å². The molecule has 0 spiro atoms. The molecule has 9 nitrogen and oxygen atoms in total. The zero-order valence-electron chi connectivity index (χ0n) is 24.7. The summed E-state index contributed by atoms with van der Waals surface area (Å²) in [6.45, 7) is 14.0. The van der Waals surface area contributed by atoms with Gasteiger partial charge in [-0.15, -0.1) is 0 Å². The van der Waals surface area contributed by atoms with Gasteiger partial charge in [-0.2, -0.15) is 0 Å². The van der Waals surface area contributed by atoms with Gasteiger partial charge in [0.05, 0.1) is 17.2 Å². The first kappa shape index (κ1) is 31.5. The van der Waals surface area contributed by atoms with Crippen LogP contribution in [0.5, 0.6) is 0 Å². The second-order valence-corrected chi connectivity index (χ2v) is 14.3. The monoisotopic (exact) mass is 562 g/mol. The Morgan fingerprint density at radius 3 is 1.90 bits per heavy atom.